The number of hydrogen-bond donors (Lipinski definition) is 0. The maximum atomic E-state index is 12.4. The Labute approximate surface area is 126 Å². The van der Waals surface area contributed by atoms with E-state index in [0.717, 1.165) is 17.5 Å². The second-order valence-corrected chi connectivity index (χ2v) is 5.43. The van der Waals surface area contributed by atoms with E-state index < -0.39 is 12.1 Å². The number of aryl methyl sites for hydroxylation is 1. The first-order valence-electron chi connectivity index (χ1n) is 7.27. The number of fused-ring (bicyclic) bond motifs is 1. The smallest absolute Gasteiger partial charge is 0.360 e. The molecule has 6 nitrogen and oxygen atoms in total. The highest BCUT2D eigenvalue weighted by molar-refractivity contribution is 6.03. The van der Waals surface area contributed by atoms with Crippen LogP contribution in [0, 0.1) is 0 Å². The number of esters is 1. The van der Waals surface area contributed by atoms with Gasteiger partial charge in [-0.3, -0.25) is 9.59 Å². The number of rotatable bonds is 2. The van der Waals surface area contributed by atoms with E-state index in [1.54, 1.807) is 24.3 Å². The summed E-state index contributed by atoms with van der Waals surface area (Å²) in [4.78, 5) is 36.2. The maximum Gasteiger partial charge on any atom is 0.360 e. The molecule has 1 fully saturated rings. The molecule has 0 unspecified atom stereocenters. The van der Waals surface area contributed by atoms with Crippen LogP contribution in [0.25, 0.3) is 10.8 Å². The van der Waals surface area contributed by atoms with Gasteiger partial charge in [-0.05, 0) is 25.3 Å². The van der Waals surface area contributed by atoms with E-state index >= 15 is 0 Å². The molecule has 1 aliphatic carbocycles. The molecule has 6 heteroatoms. The summed E-state index contributed by atoms with van der Waals surface area (Å²) in [6.45, 7) is 0. The van der Waals surface area contributed by atoms with Crippen molar-refractivity contribution in [1.29, 1.82) is 0 Å². The lowest BCUT2D eigenvalue weighted by molar-refractivity contribution is -0.129. The number of carbonyl (C=O) groups excluding carboxylic acids is 2. The SMILES string of the molecule is Cn1nc(C(=O)O[C@@H]2CCCCC2=O)c2ccccc2c1=O. The molecule has 2 aromatic rings. The molecule has 1 saturated carbocycles. The number of aromatic nitrogens is 2. The summed E-state index contributed by atoms with van der Waals surface area (Å²) in [6.07, 6.45) is 2.01. The Bertz CT molecular complexity index is 809. The van der Waals surface area contributed by atoms with E-state index in [1.807, 2.05) is 0 Å². The monoisotopic (exact) mass is 300 g/mol. The largest absolute Gasteiger partial charge is 0.450 e. The summed E-state index contributed by atoms with van der Waals surface area (Å²) >= 11 is 0. The van der Waals surface area contributed by atoms with Crippen molar-refractivity contribution in [3.05, 3.63) is 40.3 Å². The van der Waals surface area contributed by atoms with E-state index in [4.69, 9.17) is 4.74 Å². The van der Waals surface area contributed by atoms with Gasteiger partial charge in [0.15, 0.2) is 17.6 Å². The fourth-order valence-corrected chi connectivity index (χ4v) is 2.71. The third-order valence-electron chi connectivity index (χ3n) is 3.90. The summed E-state index contributed by atoms with van der Waals surface area (Å²) in [5, 5.41) is 4.86. The van der Waals surface area contributed by atoms with Gasteiger partial charge in [-0.25, -0.2) is 9.48 Å². The van der Waals surface area contributed by atoms with Crippen LogP contribution in [0.3, 0.4) is 0 Å². The topological polar surface area (TPSA) is 78.3 Å². The van der Waals surface area contributed by atoms with Crippen LogP contribution < -0.4 is 5.56 Å². The molecule has 1 aromatic carbocycles. The summed E-state index contributed by atoms with van der Waals surface area (Å²) in [7, 11) is 1.48. The molecule has 1 heterocycles. The third-order valence-corrected chi connectivity index (χ3v) is 3.90. The van der Waals surface area contributed by atoms with Crippen molar-refractivity contribution in [1.82, 2.24) is 9.78 Å². The first-order chi connectivity index (χ1) is 10.6. The average molecular weight is 300 g/mol. The highest BCUT2D eigenvalue weighted by atomic mass is 16.5. The van der Waals surface area contributed by atoms with Crippen molar-refractivity contribution in [3.8, 4) is 0 Å². The van der Waals surface area contributed by atoms with Crippen LogP contribution >= 0.6 is 0 Å². The van der Waals surface area contributed by atoms with E-state index in [1.165, 1.54) is 7.05 Å². The minimum Gasteiger partial charge on any atom is -0.450 e. The molecule has 0 radical (unpaired) electrons. The Hall–Kier alpha value is -2.50. The van der Waals surface area contributed by atoms with Crippen LogP contribution in [0.5, 0.6) is 0 Å². The van der Waals surface area contributed by atoms with Crippen molar-refractivity contribution >= 4 is 22.5 Å². The minimum absolute atomic E-state index is 0.0475. The summed E-state index contributed by atoms with van der Waals surface area (Å²) in [5.41, 5.74) is -0.211. The fraction of sp³-hybridized carbons (Fsp3) is 0.375. The molecule has 0 bridgehead atoms. The predicted molar refractivity (Wildman–Crippen MR) is 79.7 cm³/mol. The number of nitrogens with zero attached hydrogens (tertiary/aromatic N) is 2. The van der Waals surface area contributed by atoms with Gasteiger partial charge >= 0.3 is 5.97 Å². The van der Waals surface area contributed by atoms with Gasteiger partial charge in [0.25, 0.3) is 5.56 Å². The Morgan fingerprint density at radius 2 is 1.95 bits per heavy atom. The molecule has 1 aliphatic rings. The quantitative estimate of drug-likeness (QED) is 0.787. The van der Waals surface area contributed by atoms with Crippen molar-refractivity contribution in [2.45, 2.75) is 31.8 Å². The summed E-state index contributed by atoms with van der Waals surface area (Å²) in [6, 6.07) is 6.75. The number of benzene rings is 1. The van der Waals surface area contributed by atoms with Gasteiger partial charge < -0.3 is 4.74 Å². The number of carbonyl (C=O) groups is 2. The van der Waals surface area contributed by atoms with Gasteiger partial charge in [0.2, 0.25) is 0 Å². The minimum atomic E-state index is -0.695. The zero-order chi connectivity index (χ0) is 15.7. The van der Waals surface area contributed by atoms with Gasteiger partial charge in [-0.2, -0.15) is 5.10 Å². The summed E-state index contributed by atoms with van der Waals surface area (Å²) < 4.78 is 6.44. The second kappa shape index (κ2) is 5.71. The van der Waals surface area contributed by atoms with E-state index in [-0.39, 0.29) is 17.0 Å². The van der Waals surface area contributed by atoms with E-state index in [2.05, 4.69) is 5.10 Å². The highest BCUT2D eigenvalue weighted by Gasteiger charge is 2.28. The van der Waals surface area contributed by atoms with Crippen LogP contribution in [0.2, 0.25) is 0 Å². The molecule has 3 rings (SSSR count). The van der Waals surface area contributed by atoms with Crippen LogP contribution in [-0.2, 0) is 16.6 Å². The molecule has 0 aliphatic heterocycles. The van der Waals surface area contributed by atoms with Gasteiger partial charge in [0.05, 0.1) is 5.39 Å². The Kier molecular flexibility index (Phi) is 3.75. The lowest BCUT2D eigenvalue weighted by atomic mass is 9.96. The first-order valence-corrected chi connectivity index (χ1v) is 7.27. The number of ketones is 1. The number of Topliss-reactive ketones (excluding diaryl/α,β-unsaturated/α-hetero) is 1. The second-order valence-electron chi connectivity index (χ2n) is 5.43. The Morgan fingerprint density at radius 1 is 1.23 bits per heavy atom. The van der Waals surface area contributed by atoms with Crippen molar-refractivity contribution < 1.29 is 14.3 Å². The molecule has 22 heavy (non-hydrogen) atoms. The van der Waals surface area contributed by atoms with Crippen LogP contribution in [0.4, 0.5) is 0 Å². The molecule has 0 saturated heterocycles. The first kappa shape index (κ1) is 14.4. The molecule has 0 N–H and O–H groups in total. The maximum absolute atomic E-state index is 12.4. The zero-order valence-electron chi connectivity index (χ0n) is 12.2. The summed E-state index contributed by atoms with van der Waals surface area (Å²) in [5.74, 6) is -0.708. The molecule has 114 valence electrons. The molecular weight excluding hydrogens is 284 g/mol. The highest BCUT2D eigenvalue weighted by Crippen LogP contribution is 2.20. The van der Waals surface area contributed by atoms with Crippen molar-refractivity contribution in [3.63, 3.8) is 0 Å². The molecule has 0 amide bonds. The number of ether oxygens (including phenoxy) is 1. The zero-order valence-corrected chi connectivity index (χ0v) is 12.2. The average Bonchev–Trinajstić information content (AvgIpc) is 2.53. The van der Waals surface area contributed by atoms with Crippen LogP contribution in [0.1, 0.15) is 36.2 Å². The molecule has 0 spiro atoms. The molecular formula is C16H16N2O4. The van der Waals surface area contributed by atoms with Gasteiger partial charge in [-0.1, -0.05) is 18.2 Å². The predicted octanol–water partition coefficient (Wildman–Crippen LogP) is 1.60. The van der Waals surface area contributed by atoms with E-state index in [0.29, 0.717) is 23.6 Å². The normalized spacial score (nSPS) is 18.4. The molecule has 1 aromatic heterocycles. The van der Waals surface area contributed by atoms with Crippen LogP contribution in [0.15, 0.2) is 29.1 Å². The van der Waals surface area contributed by atoms with E-state index in [9.17, 15) is 14.4 Å². The number of hydrogen-bond acceptors (Lipinski definition) is 5. The van der Waals surface area contributed by atoms with Crippen LogP contribution in [-0.4, -0.2) is 27.6 Å². The fourth-order valence-electron chi connectivity index (χ4n) is 2.71. The van der Waals surface area contributed by atoms with Gasteiger partial charge in [-0.15, -0.1) is 0 Å². The Balaban J connectivity index is 1.99. The standard InChI is InChI=1S/C16H16N2O4/c1-18-15(20)11-7-3-2-6-10(11)14(17-18)16(21)22-13-9-5-4-8-12(13)19/h2-3,6-7,13H,4-5,8-9H2,1H3/t13-/m1/s1. The van der Waals surface area contributed by atoms with Gasteiger partial charge in [0, 0.05) is 18.9 Å². The Morgan fingerprint density at radius 3 is 2.68 bits per heavy atom. The van der Waals surface area contributed by atoms with Crippen molar-refractivity contribution in [2.75, 3.05) is 0 Å². The third kappa shape index (κ3) is 2.52. The van der Waals surface area contributed by atoms with Gasteiger partial charge in [0.1, 0.15) is 0 Å². The lowest BCUT2D eigenvalue weighted by Gasteiger charge is -2.20. The van der Waals surface area contributed by atoms with Crippen molar-refractivity contribution in [2.24, 2.45) is 7.05 Å². The lowest BCUT2D eigenvalue weighted by Crippen LogP contribution is -2.31. The molecule has 1 atom stereocenters.